The number of aryl methyl sites for hydroxylation is 2. The summed E-state index contributed by atoms with van der Waals surface area (Å²) in [5, 5.41) is 3.24. The number of carbonyl (C=O) groups excluding carboxylic acids is 2. The first-order chi connectivity index (χ1) is 16.0. The highest BCUT2D eigenvalue weighted by Crippen LogP contribution is 2.35. The molecule has 2 aliphatic rings. The maximum Gasteiger partial charge on any atom is 0.282 e. The summed E-state index contributed by atoms with van der Waals surface area (Å²) in [5.41, 5.74) is 6.08. The number of anilines is 3. The van der Waals surface area contributed by atoms with Crippen molar-refractivity contribution in [3.05, 3.63) is 95.2 Å². The highest BCUT2D eigenvalue weighted by atomic mass is 16.2. The van der Waals surface area contributed by atoms with Gasteiger partial charge in [0.15, 0.2) is 0 Å². The minimum Gasteiger partial charge on any atom is -0.372 e. The number of hydrogen-bond acceptors (Lipinski definition) is 4. The van der Waals surface area contributed by atoms with Crippen molar-refractivity contribution in [1.82, 2.24) is 0 Å². The summed E-state index contributed by atoms with van der Waals surface area (Å²) in [7, 11) is 0. The SMILES string of the molecule is Cc1ccc(C2=C(Nc3cccc(C)c3)C(=O)N(c3ccc(N4CCCC4)cc3)C2=O)cc1. The molecule has 0 spiro atoms. The summed E-state index contributed by atoms with van der Waals surface area (Å²) in [5.74, 6) is -0.654. The van der Waals surface area contributed by atoms with Crippen molar-refractivity contribution in [3.63, 3.8) is 0 Å². The molecule has 0 atom stereocenters. The minimum absolute atomic E-state index is 0.304. The van der Waals surface area contributed by atoms with Crippen LogP contribution in [0.2, 0.25) is 0 Å². The van der Waals surface area contributed by atoms with E-state index in [4.69, 9.17) is 0 Å². The molecule has 5 heteroatoms. The van der Waals surface area contributed by atoms with Gasteiger partial charge in [-0.15, -0.1) is 0 Å². The lowest BCUT2D eigenvalue weighted by Gasteiger charge is -2.20. The topological polar surface area (TPSA) is 52.7 Å². The zero-order valence-corrected chi connectivity index (χ0v) is 19.0. The van der Waals surface area contributed by atoms with Gasteiger partial charge in [0.05, 0.1) is 11.3 Å². The van der Waals surface area contributed by atoms with Crippen molar-refractivity contribution in [2.45, 2.75) is 26.7 Å². The number of carbonyl (C=O) groups is 2. The molecule has 1 fully saturated rings. The molecule has 0 bridgehead atoms. The molecule has 0 aromatic heterocycles. The first-order valence-corrected chi connectivity index (χ1v) is 11.4. The molecule has 0 aliphatic carbocycles. The van der Waals surface area contributed by atoms with E-state index in [0.717, 1.165) is 41.2 Å². The van der Waals surface area contributed by atoms with Gasteiger partial charge in [-0.2, -0.15) is 0 Å². The Morgan fingerprint density at radius 1 is 0.727 bits per heavy atom. The highest BCUT2D eigenvalue weighted by Gasteiger charge is 2.40. The van der Waals surface area contributed by atoms with Gasteiger partial charge >= 0.3 is 0 Å². The highest BCUT2D eigenvalue weighted by molar-refractivity contribution is 6.46. The molecular weight excluding hydrogens is 410 g/mol. The summed E-state index contributed by atoms with van der Waals surface area (Å²) in [6.45, 7) is 6.09. The van der Waals surface area contributed by atoms with Gasteiger partial charge in [0, 0.05) is 24.5 Å². The van der Waals surface area contributed by atoms with E-state index in [9.17, 15) is 9.59 Å². The molecule has 0 unspecified atom stereocenters. The van der Waals surface area contributed by atoms with Crippen LogP contribution in [0.4, 0.5) is 17.1 Å². The molecule has 5 nitrogen and oxygen atoms in total. The Hall–Kier alpha value is -3.86. The Kier molecular flexibility index (Phi) is 5.47. The smallest absolute Gasteiger partial charge is 0.282 e. The van der Waals surface area contributed by atoms with Crippen molar-refractivity contribution in [3.8, 4) is 0 Å². The van der Waals surface area contributed by atoms with E-state index in [2.05, 4.69) is 10.2 Å². The molecule has 33 heavy (non-hydrogen) atoms. The first-order valence-electron chi connectivity index (χ1n) is 11.4. The number of nitrogens with zero attached hydrogens (tertiary/aromatic N) is 2. The van der Waals surface area contributed by atoms with Crippen LogP contribution in [0.15, 0.2) is 78.5 Å². The van der Waals surface area contributed by atoms with Crippen LogP contribution in [0.1, 0.15) is 29.5 Å². The van der Waals surface area contributed by atoms with E-state index in [1.165, 1.54) is 17.7 Å². The summed E-state index contributed by atoms with van der Waals surface area (Å²) < 4.78 is 0. The summed E-state index contributed by atoms with van der Waals surface area (Å²) in [4.78, 5) is 30.8. The lowest BCUT2D eigenvalue weighted by atomic mass is 10.0. The Morgan fingerprint density at radius 3 is 2.06 bits per heavy atom. The van der Waals surface area contributed by atoms with Crippen LogP contribution in [-0.2, 0) is 9.59 Å². The average molecular weight is 438 g/mol. The molecule has 3 aromatic rings. The summed E-state index contributed by atoms with van der Waals surface area (Å²) in [6.07, 6.45) is 2.39. The lowest BCUT2D eigenvalue weighted by molar-refractivity contribution is -0.120. The maximum absolute atomic E-state index is 13.6. The van der Waals surface area contributed by atoms with Crippen molar-refractivity contribution < 1.29 is 9.59 Å². The molecular formula is C28H27N3O2. The first kappa shape index (κ1) is 21.0. The Morgan fingerprint density at radius 2 is 1.39 bits per heavy atom. The summed E-state index contributed by atoms with van der Waals surface area (Å²) in [6, 6.07) is 23.2. The Labute approximate surface area is 194 Å². The quantitative estimate of drug-likeness (QED) is 0.551. The van der Waals surface area contributed by atoms with Crippen molar-refractivity contribution in [2.75, 3.05) is 28.2 Å². The third-order valence-electron chi connectivity index (χ3n) is 6.29. The molecule has 5 rings (SSSR count). The largest absolute Gasteiger partial charge is 0.372 e. The predicted octanol–water partition coefficient (Wildman–Crippen LogP) is 5.30. The molecule has 2 aliphatic heterocycles. The monoisotopic (exact) mass is 437 g/mol. The second kappa shape index (κ2) is 8.58. The van der Waals surface area contributed by atoms with Crippen LogP contribution in [0, 0.1) is 13.8 Å². The fourth-order valence-corrected chi connectivity index (χ4v) is 4.52. The fraction of sp³-hybridized carbons (Fsp3) is 0.214. The van der Waals surface area contributed by atoms with Gasteiger partial charge in [-0.3, -0.25) is 9.59 Å². The van der Waals surface area contributed by atoms with E-state index in [1.807, 2.05) is 86.6 Å². The van der Waals surface area contributed by atoms with Crippen molar-refractivity contribution in [2.24, 2.45) is 0 Å². The van der Waals surface area contributed by atoms with Crippen LogP contribution in [-0.4, -0.2) is 24.9 Å². The number of benzene rings is 3. The van der Waals surface area contributed by atoms with Crippen LogP contribution in [0.25, 0.3) is 5.57 Å². The van der Waals surface area contributed by atoms with Gasteiger partial charge in [0.25, 0.3) is 11.8 Å². The third kappa shape index (κ3) is 4.02. The molecule has 2 amide bonds. The number of imide groups is 1. The third-order valence-corrected chi connectivity index (χ3v) is 6.29. The average Bonchev–Trinajstić information content (AvgIpc) is 3.42. The molecule has 2 heterocycles. The summed E-state index contributed by atoms with van der Waals surface area (Å²) >= 11 is 0. The zero-order valence-electron chi connectivity index (χ0n) is 19.0. The molecule has 166 valence electrons. The lowest BCUT2D eigenvalue weighted by Crippen LogP contribution is -2.32. The number of hydrogen-bond donors (Lipinski definition) is 1. The second-order valence-electron chi connectivity index (χ2n) is 8.77. The molecule has 0 radical (unpaired) electrons. The van der Waals surface area contributed by atoms with E-state index in [0.29, 0.717) is 17.0 Å². The van der Waals surface area contributed by atoms with Crippen LogP contribution >= 0.6 is 0 Å². The van der Waals surface area contributed by atoms with E-state index in [1.54, 1.807) is 0 Å². The van der Waals surface area contributed by atoms with Gasteiger partial charge in [0.1, 0.15) is 5.70 Å². The van der Waals surface area contributed by atoms with Crippen LogP contribution in [0.5, 0.6) is 0 Å². The van der Waals surface area contributed by atoms with Gasteiger partial charge in [0.2, 0.25) is 0 Å². The van der Waals surface area contributed by atoms with Crippen molar-refractivity contribution >= 4 is 34.4 Å². The second-order valence-corrected chi connectivity index (χ2v) is 8.77. The predicted molar refractivity (Wildman–Crippen MR) is 133 cm³/mol. The van der Waals surface area contributed by atoms with E-state index >= 15 is 0 Å². The molecule has 3 aromatic carbocycles. The maximum atomic E-state index is 13.6. The number of nitrogens with one attached hydrogen (secondary N) is 1. The van der Waals surface area contributed by atoms with Crippen molar-refractivity contribution in [1.29, 1.82) is 0 Å². The van der Waals surface area contributed by atoms with Crippen LogP contribution < -0.4 is 15.1 Å². The van der Waals surface area contributed by atoms with Gasteiger partial charge < -0.3 is 10.2 Å². The standard InChI is InChI=1S/C28H27N3O2/c1-19-8-10-21(11-9-19)25-26(29-22-7-5-6-20(2)18-22)28(33)31(27(25)32)24-14-12-23(13-15-24)30-16-3-4-17-30/h5-15,18,29H,3-4,16-17H2,1-2H3. The van der Waals surface area contributed by atoms with Gasteiger partial charge in [-0.1, -0.05) is 42.0 Å². The van der Waals surface area contributed by atoms with Gasteiger partial charge in [-0.05, 0) is 74.2 Å². The fourth-order valence-electron chi connectivity index (χ4n) is 4.52. The molecule has 0 saturated carbocycles. The minimum atomic E-state index is -0.342. The van der Waals surface area contributed by atoms with E-state index < -0.39 is 0 Å². The number of amides is 2. The van der Waals surface area contributed by atoms with E-state index in [-0.39, 0.29) is 11.8 Å². The number of rotatable bonds is 5. The Balaban J connectivity index is 1.52. The molecule has 1 saturated heterocycles. The zero-order chi connectivity index (χ0) is 22.9. The Bertz CT molecular complexity index is 1240. The van der Waals surface area contributed by atoms with Gasteiger partial charge in [-0.25, -0.2) is 4.90 Å². The normalized spacial score (nSPS) is 16.2. The molecule has 1 N–H and O–H groups in total. The van der Waals surface area contributed by atoms with Crippen LogP contribution in [0.3, 0.4) is 0 Å².